The molecule has 0 atom stereocenters. The largest absolute Gasteiger partial charge is 0.248 e. The van der Waals surface area contributed by atoms with Gasteiger partial charge in [0.15, 0.2) is 0 Å². The third-order valence-electron chi connectivity index (χ3n) is 4.12. The van der Waals surface area contributed by atoms with Crippen LogP contribution in [0.1, 0.15) is 16.7 Å². The van der Waals surface area contributed by atoms with E-state index in [0.717, 1.165) is 33.3 Å². The molecule has 1 aromatic heterocycles. The summed E-state index contributed by atoms with van der Waals surface area (Å²) in [6.07, 6.45) is 0. The van der Waals surface area contributed by atoms with E-state index in [0.29, 0.717) is 5.56 Å². The normalized spacial score (nSPS) is 9.96. The number of fused-ring (bicyclic) bond motifs is 1. The number of rotatable bonds is 1. The first-order chi connectivity index (χ1) is 12.8. The molecular formula is C24H14N2. The fraction of sp³-hybridized carbons (Fsp3) is 0. The van der Waals surface area contributed by atoms with Crippen molar-refractivity contribution in [3.63, 3.8) is 0 Å². The van der Waals surface area contributed by atoms with Crippen molar-refractivity contribution in [3.8, 4) is 29.2 Å². The van der Waals surface area contributed by atoms with Gasteiger partial charge in [0.25, 0.3) is 0 Å². The van der Waals surface area contributed by atoms with Crippen LogP contribution in [-0.2, 0) is 0 Å². The second-order valence-electron chi connectivity index (χ2n) is 5.91. The maximum absolute atomic E-state index is 8.91. The molecule has 0 spiro atoms. The standard InChI is InChI=1S/C24H14N2/c25-17-20-8-11-21(12-9-20)23-15-13-22-16-19(10-14-24(22)26-23)7-6-18-4-2-1-3-5-18/h1-5,8-16H. The molecule has 0 bridgehead atoms. The van der Waals surface area contributed by atoms with Gasteiger partial charge < -0.3 is 0 Å². The zero-order valence-corrected chi connectivity index (χ0v) is 14.0. The lowest BCUT2D eigenvalue weighted by Crippen LogP contribution is -1.87. The highest BCUT2D eigenvalue weighted by Crippen LogP contribution is 2.22. The van der Waals surface area contributed by atoms with Crippen molar-refractivity contribution in [2.45, 2.75) is 0 Å². The van der Waals surface area contributed by atoms with Gasteiger partial charge in [0.2, 0.25) is 0 Å². The Morgan fingerprint density at radius 2 is 1.38 bits per heavy atom. The average Bonchev–Trinajstić information content (AvgIpc) is 2.72. The smallest absolute Gasteiger partial charge is 0.0991 e. The van der Waals surface area contributed by atoms with E-state index in [1.165, 1.54) is 0 Å². The Bertz CT molecular complexity index is 1170. The van der Waals surface area contributed by atoms with Gasteiger partial charge in [-0.25, -0.2) is 4.98 Å². The second kappa shape index (κ2) is 6.93. The van der Waals surface area contributed by atoms with E-state index < -0.39 is 0 Å². The third-order valence-corrected chi connectivity index (χ3v) is 4.12. The van der Waals surface area contributed by atoms with Gasteiger partial charge in [0.05, 0.1) is 22.8 Å². The van der Waals surface area contributed by atoms with Gasteiger partial charge in [-0.2, -0.15) is 5.26 Å². The van der Waals surface area contributed by atoms with Gasteiger partial charge in [-0.1, -0.05) is 48.2 Å². The molecule has 120 valence electrons. The lowest BCUT2D eigenvalue weighted by molar-refractivity contribution is 1.39. The number of aromatic nitrogens is 1. The lowest BCUT2D eigenvalue weighted by Gasteiger charge is -2.04. The first kappa shape index (κ1) is 15.6. The molecule has 0 saturated carbocycles. The molecule has 4 aromatic rings. The maximum Gasteiger partial charge on any atom is 0.0991 e. The summed E-state index contributed by atoms with van der Waals surface area (Å²) in [5, 5.41) is 9.96. The first-order valence-electron chi connectivity index (χ1n) is 8.30. The number of nitriles is 1. The van der Waals surface area contributed by atoms with Crippen molar-refractivity contribution in [3.05, 3.63) is 102 Å². The van der Waals surface area contributed by atoms with Crippen molar-refractivity contribution in [1.82, 2.24) is 4.98 Å². The average molecular weight is 330 g/mol. The molecule has 0 saturated heterocycles. The molecular weight excluding hydrogens is 316 g/mol. The van der Waals surface area contributed by atoms with E-state index in [1.807, 2.05) is 72.8 Å². The quantitative estimate of drug-likeness (QED) is 0.451. The molecule has 0 N–H and O–H groups in total. The highest BCUT2D eigenvalue weighted by molar-refractivity contribution is 5.83. The summed E-state index contributed by atoms with van der Waals surface area (Å²) < 4.78 is 0. The van der Waals surface area contributed by atoms with Crippen LogP contribution < -0.4 is 0 Å². The van der Waals surface area contributed by atoms with Crippen LogP contribution in [0.15, 0.2) is 84.9 Å². The minimum atomic E-state index is 0.649. The lowest BCUT2D eigenvalue weighted by atomic mass is 10.1. The molecule has 2 heteroatoms. The topological polar surface area (TPSA) is 36.7 Å². The van der Waals surface area contributed by atoms with E-state index in [-0.39, 0.29) is 0 Å². The van der Waals surface area contributed by atoms with Crippen LogP contribution in [0.4, 0.5) is 0 Å². The van der Waals surface area contributed by atoms with E-state index >= 15 is 0 Å². The molecule has 2 nitrogen and oxygen atoms in total. The van der Waals surface area contributed by atoms with Gasteiger partial charge in [0.1, 0.15) is 0 Å². The van der Waals surface area contributed by atoms with Gasteiger partial charge in [-0.3, -0.25) is 0 Å². The SMILES string of the molecule is N#Cc1ccc(-c2ccc3cc(C#Cc4ccccc4)ccc3n2)cc1. The Labute approximate surface area is 152 Å². The minimum Gasteiger partial charge on any atom is -0.248 e. The number of pyridine rings is 1. The number of hydrogen-bond donors (Lipinski definition) is 0. The van der Waals surface area contributed by atoms with Gasteiger partial charge in [-0.05, 0) is 48.5 Å². The second-order valence-corrected chi connectivity index (χ2v) is 5.91. The van der Waals surface area contributed by atoms with Crippen molar-refractivity contribution in [2.75, 3.05) is 0 Å². The summed E-state index contributed by atoms with van der Waals surface area (Å²) >= 11 is 0. The molecule has 3 aromatic carbocycles. The summed E-state index contributed by atoms with van der Waals surface area (Å²) in [5.74, 6) is 6.38. The van der Waals surface area contributed by atoms with Crippen molar-refractivity contribution < 1.29 is 0 Å². The zero-order chi connectivity index (χ0) is 17.8. The van der Waals surface area contributed by atoms with Crippen LogP contribution in [0.5, 0.6) is 0 Å². The number of hydrogen-bond acceptors (Lipinski definition) is 2. The van der Waals surface area contributed by atoms with E-state index in [9.17, 15) is 0 Å². The molecule has 26 heavy (non-hydrogen) atoms. The first-order valence-corrected chi connectivity index (χ1v) is 8.30. The molecule has 0 aliphatic carbocycles. The molecule has 1 heterocycles. The predicted molar refractivity (Wildman–Crippen MR) is 104 cm³/mol. The van der Waals surface area contributed by atoms with Crippen LogP contribution >= 0.6 is 0 Å². The summed E-state index contributed by atoms with van der Waals surface area (Å²) in [6, 6.07) is 29.7. The molecule has 0 aliphatic rings. The molecule has 4 rings (SSSR count). The third kappa shape index (κ3) is 3.31. The number of nitrogens with zero attached hydrogens (tertiary/aromatic N) is 2. The van der Waals surface area contributed by atoms with Gasteiger partial charge in [-0.15, -0.1) is 0 Å². The molecule has 0 amide bonds. The number of benzene rings is 3. The Morgan fingerprint density at radius 1 is 0.654 bits per heavy atom. The minimum absolute atomic E-state index is 0.649. The summed E-state index contributed by atoms with van der Waals surface area (Å²) in [5.41, 5.74) is 5.44. The highest BCUT2D eigenvalue weighted by atomic mass is 14.7. The van der Waals surface area contributed by atoms with E-state index in [2.05, 4.69) is 30.0 Å². The summed E-state index contributed by atoms with van der Waals surface area (Å²) in [7, 11) is 0. The fourth-order valence-corrected chi connectivity index (χ4v) is 2.75. The predicted octanol–water partition coefficient (Wildman–Crippen LogP) is 5.17. The van der Waals surface area contributed by atoms with Crippen molar-refractivity contribution in [2.24, 2.45) is 0 Å². The maximum atomic E-state index is 8.91. The zero-order valence-electron chi connectivity index (χ0n) is 14.0. The molecule has 0 radical (unpaired) electrons. The van der Waals surface area contributed by atoms with Crippen LogP contribution in [0, 0.1) is 23.2 Å². The Kier molecular flexibility index (Phi) is 4.17. The highest BCUT2D eigenvalue weighted by Gasteiger charge is 2.02. The Hall–Kier alpha value is -3.88. The van der Waals surface area contributed by atoms with Crippen molar-refractivity contribution >= 4 is 10.9 Å². The Balaban J connectivity index is 1.66. The molecule has 0 aliphatic heterocycles. The monoisotopic (exact) mass is 330 g/mol. The van der Waals surface area contributed by atoms with E-state index in [1.54, 1.807) is 0 Å². The Morgan fingerprint density at radius 3 is 2.15 bits per heavy atom. The summed E-state index contributed by atoms with van der Waals surface area (Å²) in [6.45, 7) is 0. The fourth-order valence-electron chi connectivity index (χ4n) is 2.75. The van der Waals surface area contributed by atoms with Crippen LogP contribution in [0.3, 0.4) is 0 Å². The summed E-state index contributed by atoms with van der Waals surface area (Å²) in [4.78, 5) is 4.73. The van der Waals surface area contributed by atoms with Gasteiger partial charge >= 0.3 is 0 Å². The van der Waals surface area contributed by atoms with E-state index in [4.69, 9.17) is 10.2 Å². The van der Waals surface area contributed by atoms with Crippen LogP contribution in [0.2, 0.25) is 0 Å². The van der Waals surface area contributed by atoms with Crippen LogP contribution in [-0.4, -0.2) is 4.98 Å². The molecule has 0 unspecified atom stereocenters. The van der Waals surface area contributed by atoms with Crippen LogP contribution in [0.25, 0.3) is 22.2 Å². The molecule has 0 fully saturated rings. The van der Waals surface area contributed by atoms with Gasteiger partial charge in [0, 0.05) is 22.1 Å². The van der Waals surface area contributed by atoms with Crippen molar-refractivity contribution in [1.29, 1.82) is 5.26 Å².